The van der Waals surface area contributed by atoms with Crippen molar-refractivity contribution in [1.82, 2.24) is 0 Å². The molecule has 0 bridgehead atoms. The molecule has 2 unspecified atom stereocenters. The van der Waals surface area contributed by atoms with Gasteiger partial charge in [0.15, 0.2) is 11.5 Å². The number of nitrogens with one attached hydrogen (secondary N) is 1. The number of aliphatic carboxylic acids is 1. The lowest BCUT2D eigenvalue weighted by molar-refractivity contribution is -0.138. The van der Waals surface area contributed by atoms with E-state index in [0.29, 0.717) is 17.9 Å². The van der Waals surface area contributed by atoms with Gasteiger partial charge in [0.2, 0.25) is 0 Å². The molecule has 3 rings (SSSR count). The number of carboxylic acids is 1. The van der Waals surface area contributed by atoms with Crippen molar-refractivity contribution in [3.8, 4) is 11.5 Å². The third kappa shape index (κ3) is 3.02. The van der Waals surface area contributed by atoms with Gasteiger partial charge in [0.05, 0.1) is 19.9 Å². The summed E-state index contributed by atoms with van der Waals surface area (Å²) in [5, 5.41) is 12.6. The summed E-state index contributed by atoms with van der Waals surface area (Å²) in [5.41, 5.74) is 3.02. The van der Waals surface area contributed by atoms with Crippen molar-refractivity contribution in [3.63, 3.8) is 0 Å². The van der Waals surface area contributed by atoms with E-state index in [1.54, 1.807) is 14.2 Å². The number of fused-ring (bicyclic) bond motifs is 1. The molecule has 2 atom stereocenters. The number of carboxylic acid groups (broad SMARTS) is 1. The maximum atomic E-state index is 11.6. The van der Waals surface area contributed by atoms with Crippen LogP contribution in [0.2, 0.25) is 0 Å². The van der Waals surface area contributed by atoms with Crippen molar-refractivity contribution in [3.05, 3.63) is 51.1 Å². The smallest absolute Gasteiger partial charge is 0.326 e. The van der Waals surface area contributed by atoms with Gasteiger partial charge in [-0.15, -0.1) is 0 Å². The van der Waals surface area contributed by atoms with Gasteiger partial charge in [-0.25, -0.2) is 4.79 Å². The predicted octanol–water partition coefficient (Wildman–Crippen LogP) is 3.71. The number of para-hydroxylation sites is 1. The maximum absolute atomic E-state index is 11.6. The first-order valence-corrected chi connectivity index (χ1v) is 8.62. The van der Waals surface area contributed by atoms with E-state index < -0.39 is 12.0 Å². The first kappa shape index (κ1) is 16.9. The number of rotatable bonds is 4. The Labute approximate surface area is 154 Å². The average molecular weight is 439 g/mol. The molecule has 2 aromatic carbocycles. The third-order valence-corrected chi connectivity index (χ3v) is 5.22. The topological polar surface area (TPSA) is 67.8 Å². The van der Waals surface area contributed by atoms with Gasteiger partial charge < -0.3 is 19.9 Å². The lowest BCUT2D eigenvalue weighted by Crippen LogP contribution is -2.35. The largest absolute Gasteiger partial charge is 0.493 e. The maximum Gasteiger partial charge on any atom is 0.326 e. The number of halogens is 1. The van der Waals surface area contributed by atoms with E-state index in [-0.39, 0.29) is 5.92 Å². The molecule has 2 aromatic rings. The van der Waals surface area contributed by atoms with Crippen LogP contribution in [0.1, 0.15) is 23.5 Å². The minimum atomic E-state index is -0.842. The van der Waals surface area contributed by atoms with E-state index >= 15 is 0 Å². The fourth-order valence-corrected chi connectivity index (χ4v) is 3.80. The molecule has 1 aliphatic heterocycles. The van der Waals surface area contributed by atoms with Gasteiger partial charge in [-0.2, -0.15) is 0 Å². The van der Waals surface area contributed by atoms with Crippen molar-refractivity contribution in [2.45, 2.75) is 18.4 Å². The molecule has 2 N–H and O–H groups in total. The van der Waals surface area contributed by atoms with Crippen LogP contribution in [-0.2, 0) is 4.79 Å². The minimum absolute atomic E-state index is 0.0168. The van der Waals surface area contributed by atoms with Crippen LogP contribution in [0.15, 0.2) is 36.4 Å². The van der Waals surface area contributed by atoms with Gasteiger partial charge in [0.1, 0.15) is 6.04 Å². The highest BCUT2D eigenvalue weighted by atomic mass is 127. The number of carbonyl (C=O) groups is 1. The molecule has 5 nitrogen and oxygen atoms in total. The Hall–Kier alpha value is -1.96. The van der Waals surface area contributed by atoms with Crippen molar-refractivity contribution >= 4 is 34.2 Å². The monoisotopic (exact) mass is 439 g/mol. The van der Waals surface area contributed by atoms with E-state index in [0.717, 1.165) is 20.4 Å². The van der Waals surface area contributed by atoms with E-state index in [1.807, 2.05) is 36.4 Å². The van der Waals surface area contributed by atoms with Gasteiger partial charge in [-0.1, -0.05) is 18.2 Å². The number of ether oxygens (including phenoxy) is 2. The second kappa shape index (κ2) is 6.88. The zero-order chi connectivity index (χ0) is 17.3. The molecule has 0 amide bonds. The number of hydrogen-bond acceptors (Lipinski definition) is 4. The van der Waals surface area contributed by atoms with Gasteiger partial charge in [0.25, 0.3) is 0 Å². The highest BCUT2D eigenvalue weighted by Gasteiger charge is 2.32. The molecule has 0 saturated heterocycles. The van der Waals surface area contributed by atoms with E-state index in [1.165, 1.54) is 0 Å². The Kier molecular flexibility index (Phi) is 4.84. The van der Waals surface area contributed by atoms with Crippen molar-refractivity contribution in [2.24, 2.45) is 0 Å². The third-order valence-electron chi connectivity index (χ3n) is 4.32. The van der Waals surface area contributed by atoms with Gasteiger partial charge >= 0.3 is 5.97 Å². The average Bonchev–Trinajstić information content (AvgIpc) is 2.60. The standard InChI is InChI=1S/C18H18INO4/c1-23-15-7-6-10(8-16(15)24-2)12-9-14(18(21)22)20-17-11(12)4-3-5-13(17)19/h3-8,12,14,20H,9H2,1-2H3,(H,21,22). The molecule has 0 aliphatic carbocycles. The quantitative estimate of drug-likeness (QED) is 0.712. The molecule has 0 radical (unpaired) electrons. The number of methoxy groups -OCH3 is 2. The molecule has 0 spiro atoms. The van der Waals surface area contributed by atoms with Crippen LogP contribution in [0.3, 0.4) is 0 Å². The van der Waals surface area contributed by atoms with Crippen LogP contribution in [0.4, 0.5) is 5.69 Å². The Morgan fingerprint density at radius 2 is 1.96 bits per heavy atom. The number of hydrogen-bond donors (Lipinski definition) is 2. The molecular weight excluding hydrogens is 421 g/mol. The SMILES string of the molecule is COc1ccc(C2CC(C(=O)O)Nc3c(I)cccc32)cc1OC. The summed E-state index contributed by atoms with van der Waals surface area (Å²) < 4.78 is 11.7. The van der Waals surface area contributed by atoms with Crippen molar-refractivity contribution in [1.29, 1.82) is 0 Å². The summed E-state index contributed by atoms with van der Waals surface area (Å²) >= 11 is 2.23. The number of benzene rings is 2. The molecule has 126 valence electrons. The molecule has 0 fully saturated rings. The van der Waals surface area contributed by atoms with Crippen LogP contribution < -0.4 is 14.8 Å². The van der Waals surface area contributed by atoms with E-state index in [2.05, 4.69) is 27.9 Å². The summed E-state index contributed by atoms with van der Waals surface area (Å²) in [6.07, 6.45) is 0.484. The molecule has 1 aliphatic rings. The molecule has 0 saturated carbocycles. The second-order valence-corrected chi connectivity index (χ2v) is 6.80. The lowest BCUT2D eigenvalue weighted by atomic mass is 9.82. The van der Waals surface area contributed by atoms with Crippen LogP contribution in [0.5, 0.6) is 11.5 Å². The van der Waals surface area contributed by atoms with Crippen LogP contribution in [0, 0.1) is 3.57 Å². The summed E-state index contributed by atoms with van der Waals surface area (Å²) in [5.74, 6) is 0.447. The van der Waals surface area contributed by atoms with Gasteiger partial charge in [0, 0.05) is 9.49 Å². The minimum Gasteiger partial charge on any atom is -0.493 e. The molecule has 0 aromatic heterocycles. The van der Waals surface area contributed by atoms with Gasteiger partial charge in [-0.3, -0.25) is 0 Å². The highest BCUT2D eigenvalue weighted by molar-refractivity contribution is 14.1. The van der Waals surface area contributed by atoms with Gasteiger partial charge in [-0.05, 0) is 58.3 Å². The summed E-state index contributed by atoms with van der Waals surface area (Å²) in [6.45, 7) is 0. The Bertz CT molecular complexity index is 778. The normalized spacial score (nSPS) is 19.1. The van der Waals surface area contributed by atoms with Crippen LogP contribution in [0.25, 0.3) is 0 Å². The molecular formula is C18H18INO4. The van der Waals surface area contributed by atoms with Crippen LogP contribution >= 0.6 is 22.6 Å². The van der Waals surface area contributed by atoms with E-state index in [9.17, 15) is 9.90 Å². The van der Waals surface area contributed by atoms with Crippen molar-refractivity contribution < 1.29 is 19.4 Å². The second-order valence-electron chi connectivity index (χ2n) is 5.64. The zero-order valence-electron chi connectivity index (χ0n) is 13.4. The Morgan fingerprint density at radius 1 is 1.21 bits per heavy atom. The first-order valence-electron chi connectivity index (χ1n) is 7.54. The summed E-state index contributed by atoms with van der Waals surface area (Å²) in [7, 11) is 3.20. The van der Waals surface area contributed by atoms with Crippen LogP contribution in [-0.4, -0.2) is 31.3 Å². The van der Waals surface area contributed by atoms with Crippen molar-refractivity contribution in [2.75, 3.05) is 19.5 Å². The molecule has 24 heavy (non-hydrogen) atoms. The molecule has 6 heteroatoms. The fourth-order valence-electron chi connectivity index (χ4n) is 3.13. The summed E-state index contributed by atoms with van der Waals surface area (Å²) in [6, 6.07) is 11.2. The van der Waals surface area contributed by atoms with E-state index in [4.69, 9.17) is 9.47 Å². The number of anilines is 1. The molecule has 1 heterocycles. The first-order chi connectivity index (χ1) is 11.5. The zero-order valence-corrected chi connectivity index (χ0v) is 15.5. The Morgan fingerprint density at radius 3 is 2.62 bits per heavy atom. The summed E-state index contributed by atoms with van der Waals surface area (Å²) in [4.78, 5) is 11.6. The Balaban J connectivity index is 2.10. The predicted molar refractivity (Wildman–Crippen MR) is 100 cm³/mol. The fraction of sp³-hybridized carbons (Fsp3) is 0.278. The lowest BCUT2D eigenvalue weighted by Gasteiger charge is -2.32. The highest BCUT2D eigenvalue weighted by Crippen LogP contribution is 2.42.